The third-order valence-corrected chi connectivity index (χ3v) is 2.11. The van der Waals surface area contributed by atoms with E-state index in [2.05, 4.69) is 5.10 Å². The second kappa shape index (κ2) is 3.65. The van der Waals surface area contributed by atoms with Gasteiger partial charge in [-0.25, -0.2) is 4.68 Å². The van der Waals surface area contributed by atoms with Crippen LogP contribution in [-0.4, -0.2) is 16.1 Å². The minimum Gasteiger partial charge on any atom is -0.298 e. The van der Waals surface area contributed by atoms with Gasteiger partial charge in [-0.15, -0.1) is 0 Å². The fourth-order valence-corrected chi connectivity index (χ4v) is 1.36. The second-order valence-electron chi connectivity index (χ2n) is 3.26. The van der Waals surface area contributed by atoms with E-state index >= 15 is 0 Å². The molecule has 0 amide bonds. The molecule has 3 nitrogen and oxygen atoms in total. The van der Waals surface area contributed by atoms with E-state index in [1.54, 1.807) is 12.1 Å². The van der Waals surface area contributed by atoms with Crippen LogP contribution in [0.4, 0.5) is 4.39 Å². The lowest BCUT2D eigenvalue weighted by Gasteiger charge is -2.02. The Hall–Kier alpha value is -1.97. The van der Waals surface area contributed by atoms with Crippen molar-refractivity contribution >= 4 is 6.29 Å². The second-order valence-corrected chi connectivity index (χ2v) is 3.26. The summed E-state index contributed by atoms with van der Waals surface area (Å²) in [4.78, 5) is 10.4. The van der Waals surface area contributed by atoms with Crippen molar-refractivity contribution in [2.45, 2.75) is 6.92 Å². The zero-order valence-electron chi connectivity index (χ0n) is 8.14. The van der Waals surface area contributed by atoms with Gasteiger partial charge in [0.05, 0.1) is 17.4 Å². The molecule has 0 bridgehead atoms. The summed E-state index contributed by atoms with van der Waals surface area (Å²) in [7, 11) is 0. The number of carbonyl (C=O) groups is 1. The van der Waals surface area contributed by atoms with E-state index in [4.69, 9.17) is 0 Å². The molecule has 1 aromatic heterocycles. The lowest BCUT2D eigenvalue weighted by atomic mass is 10.2. The van der Waals surface area contributed by atoms with Crippen LogP contribution in [0.3, 0.4) is 0 Å². The first-order chi connectivity index (χ1) is 7.22. The largest absolute Gasteiger partial charge is 0.298 e. The highest BCUT2D eigenvalue weighted by Crippen LogP contribution is 2.13. The Morgan fingerprint density at radius 2 is 2.27 bits per heavy atom. The first kappa shape index (κ1) is 9.58. The van der Waals surface area contributed by atoms with Crippen molar-refractivity contribution < 1.29 is 9.18 Å². The normalized spacial score (nSPS) is 10.3. The van der Waals surface area contributed by atoms with Gasteiger partial charge in [0.2, 0.25) is 5.95 Å². The molecule has 2 rings (SSSR count). The summed E-state index contributed by atoms with van der Waals surface area (Å²) in [5.41, 5.74) is 1.59. The summed E-state index contributed by atoms with van der Waals surface area (Å²) < 4.78 is 14.6. The molecule has 0 atom stereocenters. The fraction of sp³-hybridized carbons (Fsp3) is 0.0909. The summed E-state index contributed by atoms with van der Waals surface area (Å²) >= 11 is 0. The van der Waals surface area contributed by atoms with Gasteiger partial charge in [-0.3, -0.25) is 4.79 Å². The van der Waals surface area contributed by atoms with Crippen LogP contribution in [0.2, 0.25) is 0 Å². The van der Waals surface area contributed by atoms with Crippen LogP contribution in [0.5, 0.6) is 0 Å². The molecule has 0 radical (unpaired) electrons. The molecule has 0 saturated heterocycles. The number of carbonyl (C=O) groups excluding carboxylic acids is 1. The molecule has 2 aromatic rings. The SMILES string of the molecule is Cc1cccc(-n2ncc(C=O)c2F)c1. The number of nitrogens with zero attached hydrogens (tertiary/aromatic N) is 2. The van der Waals surface area contributed by atoms with Gasteiger partial charge >= 0.3 is 0 Å². The van der Waals surface area contributed by atoms with Gasteiger partial charge in [-0.2, -0.15) is 9.49 Å². The standard InChI is InChI=1S/C11H9FN2O/c1-8-3-2-4-10(5-8)14-11(12)9(7-15)6-13-14/h2-7H,1H3. The Bertz CT molecular complexity index is 505. The highest BCUT2D eigenvalue weighted by Gasteiger charge is 2.10. The molecule has 0 spiro atoms. The highest BCUT2D eigenvalue weighted by molar-refractivity contribution is 5.74. The first-order valence-electron chi connectivity index (χ1n) is 4.48. The number of aryl methyl sites for hydroxylation is 1. The zero-order valence-corrected chi connectivity index (χ0v) is 8.14. The maximum Gasteiger partial charge on any atom is 0.226 e. The molecule has 1 heterocycles. The van der Waals surface area contributed by atoms with Crippen LogP contribution in [0.15, 0.2) is 30.5 Å². The van der Waals surface area contributed by atoms with Crippen LogP contribution in [0, 0.1) is 12.9 Å². The van der Waals surface area contributed by atoms with Gasteiger partial charge < -0.3 is 0 Å². The van der Waals surface area contributed by atoms with Gasteiger partial charge in [-0.05, 0) is 24.6 Å². The van der Waals surface area contributed by atoms with E-state index in [1.807, 2.05) is 19.1 Å². The number of aromatic nitrogens is 2. The Balaban J connectivity index is 2.54. The molecule has 0 saturated carbocycles. The van der Waals surface area contributed by atoms with Crippen molar-refractivity contribution in [1.29, 1.82) is 0 Å². The van der Waals surface area contributed by atoms with Crippen molar-refractivity contribution in [3.63, 3.8) is 0 Å². The smallest absolute Gasteiger partial charge is 0.226 e. The lowest BCUT2D eigenvalue weighted by Crippen LogP contribution is -2.00. The Morgan fingerprint density at radius 3 is 2.87 bits per heavy atom. The monoisotopic (exact) mass is 204 g/mol. The van der Waals surface area contributed by atoms with Crippen LogP contribution in [0.25, 0.3) is 5.69 Å². The van der Waals surface area contributed by atoms with Crippen molar-refractivity contribution in [3.8, 4) is 5.69 Å². The van der Waals surface area contributed by atoms with Crippen molar-refractivity contribution in [2.24, 2.45) is 0 Å². The molecule has 0 fully saturated rings. The topological polar surface area (TPSA) is 34.9 Å². The van der Waals surface area contributed by atoms with Gasteiger partial charge in [0.25, 0.3) is 0 Å². The van der Waals surface area contributed by atoms with Gasteiger partial charge in [0.15, 0.2) is 6.29 Å². The molecule has 0 aliphatic carbocycles. The van der Waals surface area contributed by atoms with Gasteiger partial charge in [-0.1, -0.05) is 12.1 Å². The highest BCUT2D eigenvalue weighted by atomic mass is 19.1. The van der Waals surface area contributed by atoms with Gasteiger partial charge in [0.1, 0.15) is 0 Å². The lowest BCUT2D eigenvalue weighted by molar-refractivity contribution is 0.111. The fourth-order valence-electron chi connectivity index (χ4n) is 1.36. The molecule has 15 heavy (non-hydrogen) atoms. The van der Waals surface area contributed by atoms with E-state index in [0.717, 1.165) is 10.2 Å². The summed E-state index contributed by atoms with van der Waals surface area (Å²) in [5.74, 6) is -0.629. The van der Waals surface area contributed by atoms with Crippen LogP contribution in [-0.2, 0) is 0 Å². The Morgan fingerprint density at radius 1 is 1.47 bits per heavy atom. The minimum absolute atomic E-state index is 0.0310. The average Bonchev–Trinajstić information content (AvgIpc) is 2.59. The number of aldehydes is 1. The maximum atomic E-state index is 13.5. The first-order valence-corrected chi connectivity index (χ1v) is 4.48. The molecule has 0 unspecified atom stereocenters. The van der Waals surface area contributed by atoms with E-state index in [9.17, 15) is 9.18 Å². The van der Waals surface area contributed by atoms with Gasteiger partial charge in [0, 0.05) is 0 Å². The van der Waals surface area contributed by atoms with E-state index in [0.29, 0.717) is 12.0 Å². The summed E-state index contributed by atoms with van der Waals surface area (Å²) in [6.45, 7) is 1.91. The molecular weight excluding hydrogens is 195 g/mol. The predicted octanol–water partition coefficient (Wildman–Crippen LogP) is 2.13. The summed E-state index contributed by atoms with van der Waals surface area (Å²) in [6.07, 6.45) is 1.67. The molecule has 76 valence electrons. The maximum absolute atomic E-state index is 13.5. The average molecular weight is 204 g/mol. The number of hydrogen-bond acceptors (Lipinski definition) is 2. The third kappa shape index (κ3) is 1.66. The van der Waals surface area contributed by atoms with Crippen molar-refractivity contribution in [1.82, 2.24) is 9.78 Å². The molecule has 0 N–H and O–H groups in total. The molecular formula is C11H9FN2O. The predicted molar refractivity (Wildman–Crippen MR) is 53.6 cm³/mol. The van der Waals surface area contributed by atoms with Crippen molar-refractivity contribution in [2.75, 3.05) is 0 Å². The van der Waals surface area contributed by atoms with E-state index < -0.39 is 5.95 Å². The molecule has 4 heteroatoms. The van der Waals surface area contributed by atoms with Crippen LogP contribution in [0.1, 0.15) is 15.9 Å². The van der Waals surface area contributed by atoms with Crippen molar-refractivity contribution in [3.05, 3.63) is 47.5 Å². The van der Waals surface area contributed by atoms with Crippen LogP contribution >= 0.6 is 0 Å². The molecule has 0 aliphatic rings. The van der Waals surface area contributed by atoms with E-state index in [1.165, 1.54) is 6.20 Å². The zero-order chi connectivity index (χ0) is 10.8. The quantitative estimate of drug-likeness (QED) is 0.702. The third-order valence-electron chi connectivity index (χ3n) is 2.11. The number of rotatable bonds is 2. The number of halogens is 1. The molecule has 0 aliphatic heterocycles. The summed E-state index contributed by atoms with van der Waals surface area (Å²) in [5, 5.41) is 3.81. The minimum atomic E-state index is -0.629. The Labute approximate surface area is 86.2 Å². The Kier molecular flexibility index (Phi) is 2.33. The van der Waals surface area contributed by atoms with E-state index in [-0.39, 0.29) is 5.56 Å². The summed E-state index contributed by atoms with van der Waals surface area (Å²) in [6, 6.07) is 7.25. The van der Waals surface area contributed by atoms with Crippen LogP contribution < -0.4 is 0 Å². The number of benzene rings is 1. The molecule has 1 aromatic carbocycles. The number of hydrogen-bond donors (Lipinski definition) is 0.